The van der Waals surface area contributed by atoms with Gasteiger partial charge in [-0.05, 0) is 36.2 Å². The van der Waals surface area contributed by atoms with E-state index in [1.165, 1.54) is 12.1 Å². The van der Waals surface area contributed by atoms with Crippen LogP contribution in [0.5, 0.6) is 0 Å². The number of nitrogens with one attached hydrogen (secondary N) is 1. The van der Waals surface area contributed by atoms with Gasteiger partial charge in [0.1, 0.15) is 5.82 Å². The maximum absolute atomic E-state index is 13.2. The van der Waals surface area contributed by atoms with Crippen molar-refractivity contribution in [2.45, 2.75) is 19.3 Å². The summed E-state index contributed by atoms with van der Waals surface area (Å²) >= 11 is 0. The Balaban J connectivity index is 1.47. The van der Waals surface area contributed by atoms with Crippen LogP contribution in [0.1, 0.15) is 24.8 Å². The van der Waals surface area contributed by atoms with Gasteiger partial charge in [-0.15, -0.1) is 0 Å². The maximum Gasteiger partial charge on any atom is 0.417 e. The summed E-state index contributed by atoms with van der Waals surface area (Å²) in [5.41, 5.74) is 2.91. The zero-order chi connectivity index (χ0) is 19.7. The minimum absolute atomic E-state index is 0.0696. The average molecular weight is 383 g/mol. The molecule has 2 aromatic carbocycles. The Kier molecular flexibility index (Phi) is 4.90. The zero-order valence-electron chi connectivity index (χ0n) is 15.7. The molecule has 1 unspecified atom stereocenters. The van der Waals surface area contributed by atoms with Crippen LogP contribution in [-0.4, -0.2) is 42.0 Å². The van der Waals surface area contributed by atoms with Crippen LogP contribution in [0.2, 0.25) is 0 Å². The summed E-state index contributed by atoms with van der Waals surface area (Å²) in [4.78, 5) is 31.2. The molecule has 1 aliphatic rings. The molecule has 0 aliphatic carbocycles. The van der Waals surface area contributed by atoms with Gasteiger partial charge >= 0.3 is 5.76 Å². The first-order chi connectivity index (χ1) is 13.6. The van der Waals surface area contributed by atoms with Gasteiger partial charge in [0.2, 0.25) is 5.91 Å². The van der Waals surface area contributed by atoms with Crippen LogP contribution in [-0.2, 0) is 4.79 Å². The quantitative estimate of drug-likeness (QED) is 0.752. The minimum Gasteiger partial charge on any atom is -0.406 e. The van der Waals surface area contributed by atoms with E-state index in [4.69, 9.17) is 4.42 Å². The Morgan fingerprint density at radius 3 is 2.54 bits per heavy atom. The Morgan fingerprint density at radius 1 is 1.14 bits per heavy atom. The fourth-order valence-electron chi connectivity index (χ4n) is 3.84. The van der Waals surface area contributed by atoms with E-state index in [0.29, 0.717) is 43.7 Å². The Hall–Kier alpha value is -3.09. The van der Waals surface area contributed by atoms with Crippen molar-refractivity contribution in [1.82, 2.24) is 9.88 Å². The van der Waals surface area contributed by atoms with Crippen LogP contribution in [0.4, 0.5) is 10.1 Å². The van der Waals surface area contributed by atoms with Crippen molar-refractivity contribution in [2.75, 3.05) is 31.1 Å². The second-order valence-corrected chi connectivity index (χ2v) is 6.99. The van der Waals surface area contributed by atoms with Crippen LogP contribution in [0.25, 0.3) is 11.1 Å². The van der Waals surface area contributed by atoms with E-state index < -0.39 is 5.76 Å². The second-order valence-electron chi connectivity index (χ2n) is 6.99. The summed E-state index contributed by atoms with van der Waals surface area (Å²) in [5, 5.41) is 0. The van der Waals surface area contributed by atoms with Crippen molar-refractivity contribution in [1.29, 1.82) is 0 Å². The summed E-state index contributed by atoms with van der Waals surface area (Å²) < 4.78 is 18.5. The first-order valence-electron chi connectivity index (χ1n) is 9.48. The number of halogens is 1. The highest BCUT2D eigenvalue weighted by Crippen LogP contribution is 2.27. The molecule has 1 saturated heterocycles. The Bertz CT molecular complexity index is 1030. The minimum atomic E-state index is -0.471. The SMILES string of the molecule is CCC(C(=O)N1CCN(c2cccc3[nH]c(=O)oc23)CC1)c1ccc(F)cc1. The number of rotatable bonds is 4. The number of hydrogen-bond donors (Lipinski definition) is 1. The van der Waals surface area contributed by atoms with E-state index in [9.17, 15) is 14.0 Å². The highest BCUT2D eigenvalue weighted by atomic mass is 19.1. The first kappa shape index (κ1) is 18.3. The standard InChI is InChI=1S/C21H22FN3O3/c1-2-16(14-6-8-15(22)9-7-14)20(26)25-12-10-24(11-13-25)18-5-3-4-17-19(18)28-21(27)23-17/h3-9,16H,2,10-13H2,1H3,(H,23,27). The van der Waals surface area contributed by atoms with E-state index in [-0.39, 0.29) is 17.6 Å². The number of amides is 1. The molecule has 1 aromatic heterocycles. The molecular formula is C21H22FN3O3. The second kappa shape index (κ2) is 7.50. The van der Waals surface area contributed by atoms with Crippen molar-refractivity contribution in [3.63, 3.8) is 0 Å². The number of H-pyrrole nitrogens is 1. The number of oxazole rings is 1. The molecule has 1 atom stereocenters. The van der Waals surface area contributed by atoms with E-state index in [1.807, 2.05) is 24.0 Å². The molecule has 1 fully saturated rings. The number of benzene rings is 2. The molecular weight excluding hydrogens is 361 g/mol. The van der Waals surface area contributed by atoms with Gasteiger partial charge in [-0.1, -0.05) is 25.1 Å². The molecule has 7 heteroatoms. The first-order valence-corrected chi connectivity index (χ1v) is 9.48. The van der Waals surface area contributed by atoms with E-state index >= 15 is 0 Å². The monoisotopic (exact) mass is 383 g/mol. The maximum atomic E-state index is 13.2. The van der Waals surface area contributed by atoms with Crippen molar-refractivity contribution >= 4 is 22.7 Å². The summed E-state index contributed by atoms with van der Waals surface area (Å²) in [6.45, 7) is 4.44. The molecule has 1 N–H and O–H groups in total. The molecule has 4 rings (SSSR count). The molecule has 6 nitrogen and oxygen atoms in total. The van der Waals surface area contributed by atoms with Crippen molar-refractivity contribution in [3.05, 3.63) is 64.4 Å². The Labute approximate surface area is 161 Å². The number of aromatic amines is 1. The number of aromatic nitrogens is 1. The topological polar surface area (TPSA) is 69.6 Å². The van der Waals surface area contributed by atoms with Crippen molar-refractivity contribution in [2.24, 2.45) is 0 Å². The summed E-state index contributed by atoms with van der Waals surface area (Å²) in [5.74, 6) is -0.968. The molecule has 0 spiro atoms. The number of piperazine rings is 1. The van der Waals surface area contributed by atoms with Gasteiger partial charge in [0.15, 0.2) is 5.58 Å². The lowest BCUT2D eigenvalue weighted by Crippen LogP contribution is -2.50. The molecule has 28 heavy (non-hydrogen) atoms. The lowest BCUT2D eigenvalue weighted by atomic mass is 9.94. The van der Waals surface area contributed by atoms with Crippen LogP contribution in [0.15, 0.2) is 51.7 Å². The van der Waals surface area contributed by atoms with Crippen LogP contribution >= 0.6 is 0 Å². The Morgan fingerprint density at radius 2 is 1.86 bits per heavy atom. The number of carbonyl (C=O) groups excluding carboxylic acids is 1. The number of hydrogen-bond acceptors (Lipinski definition) is 4. The highest BCUT2D eigenvalue weighted by molar-refractivity contribution is 5.87. The number of carbonyl (C=O) groups is 1. The highest BCUT2D eigenvalue weighted by Gasteiger charge is 2.28. The molecule has 2 heterocycles. The molecule has 0 bridgehead atoms. The average Bonchev–Trinajstić information content (AvgIpc) is 3.10. The van der Waals surface area contributed by atoms with E-state index in [0.717, 1.165) is 11.3 Å². The van der Waals surface area contributed by atoms with Crippen molar-refractivity contribution < 1.29 is 13.6 Å². The van der Waals surface area contributed by atoms with Gasteiger partial charge in [0.25, 0.3) is 0 Å². The predicted molar refractivity (Wildman–Crippen MR) is 105 cm³/mol. The van der Waals surface area contributed by atoms with Gasteiger partial charge in [-0.2, -0.15) is 0 Å². The number of fused-ring (bicyclic) bond motifs is 1. The zero-order valence-corrected chi connectivity index (χ0v) is 15.7. The summed E-state index contributed by atoms with van der Waals surface area (Å²) in [7, 11) is 0. The molecule has 1 aliphatic heterocycles. The third-order valence-electron chi connectivity index (χ3n) is 5.34. The van der Waals surface area contributed by atoms with Gasteiger partial charge in [-0.25, -0.2) is 9.18 Å². The number of anilines is 1. The van der Waals surface area contributed by atoms with Gasteiger partial charge in [0.05, 0.1) is 17.1 Å². The fraction of sp³-hybridized carbons (Fsp3) is 0.333. The van der Waals surface area contributed by atoms with Crippen LogP contribution in [0.3, 0.4) is 0 Å². The predicted octanol–water partition coefficient (Wildman–Crippen LogP) is 3.10. The fourth-order valence-corrected chi connectivity index (χ4v) is 3.84. The largest absolute Gasteiger partial charge is 0.417 e. The number of para-hydroxylation sites is 1. The summed E-state index contributed by atoms with van der Waals surface area (Å²) in [6, 6.07) is 11.8. The third-order valence-corrected chi connectivity index (χ3v) is 5.34. The molecule has 0 saturated carbocycles. The van der Waals surface area contributed by atoms with E-state index in [2.05, 4.69) is 9.88 Å². The molecule has 3 aromatic rings. The molecule has 1 amide bonds. The smallest absolute Gasteiger partial charge is 0.406 e. The molecule has 0 radical (unpaired) electrons. The van der Waals surface area contributed by atoms with Crippen molar-refractivity contribution in [3.8, 4) is 0 Å². The summed E-state index contributed by atoms with van der Waals surface area (Å²) in [6.07, 6.45) is 0.665. The normalized spacial score (nSPS) is 15.8. The van der Waals surface area contributed by atoms with Gasteiger partial charge in [-0.3, -0.25) is 9.78 Å². The third kappa shape index (κ3) is 3.40. The lowest BCUT2D eigenvalue weighted by Gasteiger charge is -2.37. The van der Waals surface area contributed by atoms with Gasteiger partial charge in [0, 0.05) is 26.2 Å². The van der Waals surface area contributed by atoms with Gasteiger partial charge < -0.3 is 14.2 Å². The lowest BCUT2D eigenvalue weighted by molar-refractivity contribution is -0.133. The number of nitrogens with zero attached hydrogens (tertiary/aromatic N) is 2. The van der Waals surface area contributed by atoms with Crippen LogP contribution < -0.4 is 10.7 Å². The van der Waals surface area contributed by atoms with Crippen LogP contribution in [0, 0.1) is 5.82 Å². The van der Waals surface area contributed by atoms with E-state index in [1.54, 1.807) is 18.2 Å². The molecule has 146 valence electrons.